The molecule has 0 fully saturated rings. The number of hydrogen-bond acceptors (Lipinski definition) is 7. The molecule has 0 radical (unpaired) electrons. The minimum absolute atomic E-state index is 0.0287. The molecule has 3 aromatic carbocycles. The van der Waals surface area contributed by atoms with E-state index < -0.39 is 11.6 Å². The van der Waals surface area contributed by atoms with Gasteiger partial charge in [0.05, 0.1) is 22.9 Å². The molecule has 5 aromatic rings. The van der Waals surface area contributed by atoms with E-state index in [0.29, 0.717) is 22.4 Å². The molecule has 35 heavy (non-hydrogen) atoms. The zero-order valence-corrected chi connectivity index (χ0v) is 18.6. The van der Waals surface area contributed by atoms with Crippen LogP contribution in [0.1, 0.15) is 34.6 Å². The number of carbonyl (C=O) groups excluding carboxylic acids is 2. The van der Waals surface area contributed by atoms with Crippen molar-refractivity contribution in [2.45, 2.75) is 13.8 Å². The molecule has 0 bridgehead atoms. The smallest absolute Gasteiger partial charge is 0.229 e. The minimum Gasteiger partial charge on any atom is -0.340 e. The Hall–Kier alpha value is -4.73. The Morgan fingerprint density at radius 2 is 1.69 bits per heavy atom. The van der Waals surface area contributed by atoms with Crippen LogP contribution < -0.4 is 10.6 Å². The average Bonchev–Trinajstić information content (AvgIpc) is 3.29. The summed E-state index contributed by atoms with van der Waals surface area (Å²) in [6.45, 7) is 2.73. The van der Waals surface area contributed by atoms with Crippen LogP contribution in [-0.4, -0.2) is 31.7 Å². The molecule has 0 spiro atoms. The van der Waals surface area contributed by atoms with Crippen molar-refractivity contribution in [2.75, 3.05) is 10.6 Å². The van der Waals surface area contributed by atoms with Gasteiger partial charge in [-0.25, -0.2) is 13.8 Å². The third kappa shape index (κ3) is 4.17. The summed E-state index contributed by atoms with van der Waals surface area (Å²) < 4.78 is 28.0. The maximum Gasteiger partial charge on any atom is 0.229 e. The average molecular weight is 472 g/mol. The Labute approximate surface area is 197 Å². The summed E-state index contributed by atoms with van der Waals surface area (Å²) in [5.41, 5.74) is 2.14. The Bertz CT molecular complexity index is 1650. The van der Waals surface area contributed by atoms with Gasteiger partial charge in [-0.3, -0.25) is 14.7 Å². The van der Waals surface area contributed by atoms with Gasteiger partial charge in [0.25, 0.3) is 0 Å². The summed E-state index contributed by atoms with van der Waals surface area (Å²) >= 11 is 0. The van der Waals surface area contributed by atoms with Crippen LogP contribution in [0.15, 0.2) is 54.7 Å². The quantitative estimate of drug-likeness (QED) is 0.273. The highest BCUT2D eigenvalue weighted by molar-refractivity contribution is 6.11. The van der Waals surface area contributed by atoms with Gasteiger partial charge < -0.3 is 10.6 Å². The number of aromatic nitrogens is 4. The lowest BCUT2D eigenvalue weighted by Gasteiger charge is -2.14. The topological polar surface area (TPSA) is 113 Å². The molecule has 0 atom stereocenters. The number of H-pyrrole nitrogens is 1. The fourth-order valence-electron chi connectivity index (χ4n) is 3.79. The molecule has 174 valence electrons. The summed E-state index contributed by atoms with van der Waals surface area (Å²) in [6.07, 6.45) is 1.67. The zero-order valence-electron chi connectivity index (χ0n) is 18.6. The standard InChI is InChI=1S/C25H18F2N6O2/c1-12(34)16-9-18-22(10-17(16)13(2)35)31-25(30-21-5-3-4-19(26)23(21)27)32-24(18)29-15-6-7-20-14(8-15)11-28-33-20/h3-11H,1-2H3,(H,28,33)(H2,29,30,31,32). The fourth-order valence-corrected chi connectivity index (χ4v) is 3.79. The van der Waals surface area contributed by atoms with E-state index >= 15 is 0 Å². The summed E-state index contributed by atoms with van der Waals surface area (Å²) in [5.74, 6) is -2.41. The number of carbonyl (C=O) groups is 2. The number of benzene rings is 3. The van der Waals surface area contributed by atoms with Gasteiger partial charge in [0, 0.05) is 27.6 Å². The molecule has 3 N–H and O–H groups in total. The first-order valence-corrected chi connectivity index (χ1v) is 10.6. The van der Waals surface area contributed by atoms with Crippen molar-refractivity contribution in [3.05, 3.63) is 77.5 Å². The van der Waals surface area contributed by atoms with Gasteiger partial charge in [-0.1, -0.05) is 6.07 Å². The van der Waals surface area contributed by atoms with Crippen LogP contribution in [0.2, 0.25) is 0 Å². The number of aromatic amines is 1. The van der Waals surface area contributed by atoms with Crippen molar-refractivity contribution >= 4 is 56.5 Å². The van der Waals surface area contributed by atoms with E-state index in [1.54, 1.807) is 12.3 Å². The molecule has 8 nitrogen and oxygen atoms in total. The third-order valence-electron chi connectivity index (χ3n) is 5.49. The first kappa shape index (κ1) is 22.1. The fraction of sp³-hybridized carbons (Fsp3) is 0.0800. The van der Waals surface area contributed by atoms with Crippen LogP contribution in [0.25, 0.3) is 21.8 Å². The molecule has 0 saturated carbocycles. The lowest BCUT2D eigenvalue weighted by Crippen LogP contribution is -2.08. The molecule has 2 heterocycles. The van der Waals surface area contributed by atoms with E-state index in [9.17, 15) is 18.4 Å². The lowest BCUT2D eigenvalue weighted by molar-refractivity contribution is 0.0981. The summed E-state index contributed by atoms with van der Waals surface area (Å²) in [5, 5.41) is 14.1. The molecule has 2 aromatic heterocycles. The number of fused-ring (bicyclic) bond motifs is 2. The maximum atomic E-state index is 14.3. The first-order valence-electron chi connectivity index (χ1n) is 10.6. The molecule has 0 aliphatic heterocycles. The predicted octanol–water partition coefficient (Wildman–Crippen LogP) is 5.68. The highest BCUT2D eigenvalue weighted by atomic mass is 19.2. The number of Topliss-reactive ketones (excluding diaryl/α,β-unsaturated/α-hetero) is 2. The lowest BCUT2D eigenvalue weighted by atomic mass is 9.98. The Morgan fingerprint density at radius 3 is 2.46 bits per heavy atom. The van der Waals surface area contributed by atoms with E-state index in [-0.39, 0.29) is 34.3 Å². The second-order valence-electron chi connectivity index (χ2n) is 7.95. The van der Waals surface area contributed by atoms with Crippen LogP contribution in [0.3, 0.4) is 0 Å². The number of ketones is 2. The number of hydrogen-bond donors (Lipinski definition) is 3. The van der Waals surface area contributed by atoms with Crippen LogP contribution in [0.5, 0.6) is 0 Å². The first-order chi connectivity index (χ1) is 16.8. The normalized spacial score (nSPS) is 11.1. The largest absolute Gasteiger partial charge is 0.340 e. The molecule has 0 aliphatic rings. The highest BCUT2D eigenvalue weighted by Crippen LogP contribution is 2.31. The van der Waals surface area contributed by atoms with Crippen molar-refractivity contribution < 1.29 is 18.4 Å². The van der Waals surface area contributed by atoms with Crippen molar-refractivity contribution in [3.63, 3.8) is 0 Å². The minimum atomic E-state index is -1.08. The van der Waals surface area contributed by atoms with E-state index in [0.717, 1.165) is 17.0 Å². The number of halogens is 2. The molecule has 0 unspecified atom stereocenters. The Kier molecular flexibility index (Phi) is 5.40. The molecule has 0 amide bonds. The van der Waals surface area contributed by atoms with Crippen LogP contribution in [-0.2, 0) is 0 Å². The second-order valence-corrected chi connectivity index (χ2v) is 7.95. The van der Waals surface area contributed by atoms with Crippen molar-refractivity contribution in [1.29, 1.82) is 0 Å². The summed E-state index contributed by atoms with van der Waals surface area (Å²) in [6, 6.07) is 12.3. The van der Waals surface area contributed by atoms with Gasteiger partial charge in [-0.05, 0) is 56.3 Å². The molecular weight excluding hydrogens is 454 g/mol. The van der Waals surface area contributed by atoms with E-state index in [1.807, 2.05) is 18.2 Å². The molecule has 0 saturated heterocycles. The van der Waals surface area contributed by atoms with Crippen LogP contribution >= 0.6 is 0 Å². The molecular formula is C25H18F2N6O2. The van der Waals surface area contributed by atoms with Crippen LogP contribution in [0.4, 0.5) is 31.9 Å². The molecule has 0 aliphatic carbocycles. The van der Waals surface area contributed by atoms with Gasteiger partial charge in [-0.15, -0.1) is 0 Å². The predicted molar refractivity (Wildman–Crippen MR) is 129 cm³/mol. The zero-order chi connectivity index (χ0) is 24.7. The number of rotatable bonds is 6. The number of anilines is 4. The Morgan fingerprint density at radius 1 is 0.914 bits per heavy atom. The van der Waals surface area contributed by atoms with E-state index in [1.165, 1.54) is 32.0 Å². The maximum absolute atomic E-state index is 14.3. The summed E-state index contributed by atoms with van der Waals surface area (Å²) in [7, 11) is 0. The van der Waals surface area contributed by atoms with Gasteiger partial charge in [0.1, 0.15) is 5.82 Å². The van der Waals surface area contributed by atoms with E-state index in [4.69, 9.17) is 0 Å². The van der Waals surface area contributed by atoms with Gasteiger partial charge >= 0.3 is 0 Å². The number of nitrogens with one attached hydrogen (secondary N) is 3. The molecule has 10 heteroatoms. The third-order valence-corrected chi connectivity index (χ3v) is 5.49. The Balaban J connectivity index is 1.69. The van der Waals surface area contributed by atoms with Crippen LogP contribution in [0, 0.1) is 11.6 Å². The SMILES string of the molecule is CC(=O)c1cc2nc(Nc3cccc(F)c3F)nc(Nc3ccc4[nH]ncc4c3)c2cc1C(C)=O. The summed E-state index contributed by atoms with van der Waals surface area (Å²) in [4.78, 5) is 33.3. The van der Waals surface area contributed by atoms with Gasteiger partial charge in [0.2, 0.25) is 5.95 Å². The number of nitrogens with zero attached hydrogens (tertiary/aromatic N) is 3. The van der Waals surface area contributed by atoms with Gasteiger partial charge in [-0.2, -0.15) is 10.1 Å². The monoisotopic (exact) mass is 472 g/mol. The van der Waals surface area contributed by atoms with E-state index in [2.05, 4.69) is 30.8 Å². The highest BCUT2D eigenvalue weighted by Gasteiger charge is 2.18. The van der Waals surface area contributed by atoms with Gasteiger partial charge in [0.15, 0.2) is 23.2 Å². The molecule has 5 rings (SSSR count). The second kappa shape index (κ2) is 8.56. The van der Waals surface area contributed by atoms with Crippen molar-refractivity contribution in [1.82, 2.24) is 20.2 Å². The van der Waals surface area contributed by atoms with Crippen molar-refractivity contribution in [2.24, 2.45) is 0 Å². The van der Waals surface area contributed by atoms with Crippen molar-refractivity contribution in [3.8, 4) is 0 Å².